The van der Waals surface area contributed by atoms with Crippen molar-refractivity contribution in [1.29, 1.82) is 0 Å². The minimum absolute atomic E-state index is 0.358. The lowest BCUT2D eigenvalue weighted by Gasteiger charge is -2.66. The Bertz CT molecular complexity index is 417. The largest absolute Gasteiger partial charge is 0.302 e. The van der Waals surface area contributed by atoms with Gasteiger partial charge in [0.15, 0.2) is 0 Å². The lowest BCUT2D eigenvalue weighted by molar-refractivity contribution is -0.166. The fourth-order valence-corrected chi connectivity index (χ4v) is 5.06. The molecular formula is C20H39N3. The Morgan fingerprint density at radius 3 is 2.04 bits per heavy atom. The Balaban J connectivity index is 1.45. The van der Waals surface area contributed by atoms with Crippen molar-refractivity contribution in [3.05, 3.63) is 0 Å². The molecule has 3 rings (SSSR count). The molecule has 0 amide bonds. The van der Waals surface area contributed by atoms with Gasteiger partial charge in [-0.05, 0) is 45.1 Å². The third-order valence-electron chi connectivity index (χ3n) is 6.19. The van der Waals surface area contributed by atoms with Crippen LogP contribution in [-0.4, -0.2) is 72.1 Å². The zero-order valence-electron chi connectivity index (χ0n) is 16.7. The monoisotopic (exact) mass is 321 g/mol. The van der Waals surface area contributed by atoms with Crippen LogP contribution in [0.25, 0.3) is 0 Å². The second kappa shape index (κ2) is 5.71. The molecule has 0 saturated carbocycles. The topological polar surface area (TPSA) is 9.72 Å². The van der Waals surface area contributed by atoms with Crippen LogP contribution in [0.4, 0.5) is 0 Å². The smallest absolute Gasteiger partial charge is 0.0212 e. The summed E-state index contributed by atoms with van der Waals surface area (Å²) in [7, 11) is 0. The minimum Gasteiger partial charge on any atom is -0.302 e. The van der Waals surface area contributed by atoms with Crippen LogP contribution in [0.1, 0.15) is 54.9 Å². The van der Waals surface area contributed by atoms with Crippen LogP contribution in [0.5, 0.6) is 0 Å². The molecule has 0 radical (unpaired) electrons. The van der Waals surface area contributed by atoms with E-state index in [1.165, 1.54) is 52.2 Å². The normalized spacial score (nSPS) is 33.5. The highest BCUT2D eigenvalue weighted by atomic mass is 15.4. The summed E-state index contributed by atoms with van der Waals surface area (Å²) in [6, 6.07) is 0.834. The zero-order valence-corrected chi connectivity index (χ0v) is 16.7. The minimum atomic E-state index is 0.358. The van der Waals surface area contributed by atoms with Crippen molar-refractivity contribution in [2.24, 2.45) is 16.7 Å². The average Bonchev–Trinajstić information content (AvgIpc) is 2.23. The average molecular weight is 322 g/mol. The van der Waals surface area contributed by atoms with E-state index in [4.69, 9.17) is 0 Å². The predicted molar refractivity (Wildman–Crippen MR) is 98.8 cm³/mol. The number of hydrogen-bond donors (Lipinski definition) is 0. The third-order valence-corrected chi connectivity index (χ3v) is 6.19. The van der Waals surface area contributed by atoms with Crippen molar-refractivity contribution in [1.82, 2.24) is 14.7 Å². The van der Waals surface area contributed by atoms with Gasteiger partial charge in [0.05, 0.1) is 0 Å². The summed E-state index contributed by atoms with van der Waals surface area (Å²) in [4.78, 5) is 8.15. The van der Waals surface area contributed by atoms with Gasteiger partial charge in [-0.3, -0.25) is 9.80 Å². The quantitative estimate of drug-likeness (QED) is 0.773. The first-order valence-corrected chi connectivity index (χ1v) is 9.69. The molecule has 134 valence electrons. The maximum Gasteiger partial charge on any atom is 0.0212 e. The summed E-state index contributed by atoms with van der Waals surface area (Å²) in [5, 5.41) is 0. The van der Waals surface area contributed by atoms with Crippen LogP contribution < -0.4 is 0 Å². The Morgan fingerprint density at radius 1 is 0.957 bits per heavy atom. The van der Waals surface area contributed by atoms with Gasteiger partial charge >= 0.3 is 0 Å². The maximum atomic E-state index is 2.80. The van der Waals surface area contributed by atoms with Gasteiger partial charge in [0.2, 0.25) is 0 Å². The molecule has 0 N–H and O–H groups in total. The summed E-state index contributed by atoms with van der Waals surface area (Å²) in [5.74, 6) is 0.822. The van der Waals surface area contributed by atoms with Gasteiger partial charge < -0.3 is 4.90 Å². The summed E-state index contributed by atoms with van der Waals surface area (Å²) >= 11 is 0. The summed E-state index contributed by atoms with van der Waals surface area (Å²) in [6.07, 6.45) is 1.37. The highest BCUT2D eigenvalue weighted by Gasteiger charge is 2.55. The molecule has 3 nitrogen and oxygen atoms in total. The number of rotatable bonds is 2. The Labute approximate surface area is 144 Å². The van der Waals surface area contributed by atoms with Crippen LogP contribution in [0, 0.1) is 16.7 Å². The van der Waals surface area contributed by atoms with E-state index in [1.54, 1.807) is 0 Å². The van der Waals surface area contributed by atoms with Crippen LogP contribution >= 0.6 is 0 Å². The molecule has 0 bridgehead atoms. The molecule has 0 aliphatic carbocycles. The second-order valence-corrected chi connectivity index (χ2v) is 11.1. The van der Waals surface area contributed by atoms with E-state index < -0.39 is 0 Å². The molecule has 3 heterocycles. The van der Waals surface area contributed by atoms with Gasteiger partial charge in [0.25, 0.3) is 0 Å². The third kappa shape index (κ3) is 3.77. The highest BCUT2D eigenvalue weighted by molar-refractivity contribution is 5.10. The number of hydrogen-bond acceptors (Lipinski definition) is 3. The lowest BCUT2D eigenvalue weighted by Crippen LogP contribution is -2.76. The van der Waals surface area contributed by atoms with Crippen LogP contribution in [0.3, 0.4) is 0 Å². The number of piperidine rings is 1. The first-order valence-electron chi connectivity index (χ1n) is 9.69. The summed E-state index contributed by atoms with van der Waals surface area (Å²) in [5.41, 5.74) is 1.43. The Hall–Kier alpha value is -0.120. The van der Waals surface area contributed by atoms with Gasteiger partial charge in [-0.1, -0.05) is 27.7 Å². The van der Waals surface area contributed by atoms with Gasteiger partial charge in [0, 0.05) is 56.3 Å². The van der Waals surface area contributed by atoms with E-state index >= 15 is 0 Å². The van der Waals surface area contributed by atoms with Crippen LogP contribution in [0.15, 0.2) is 0 Å². The SMILES string of the molecule is C[C@@H]1CN(CC(C)(C)C)CCC1N1CC2(C1)CN(C(C)(C)C)C2. The van der Waals surface area contributed by atoms with Crippen LogP contribution in [-0.2, 0) is 0 Å². The first-order chi connectivity index (χ1) is 10.5. The van der Waals surface area contributed by atoms with Crippen LogP contribution in [0.2, 0.25) is 0 Å². The highest BCUT2D eigenvalue weighted by Crippen LogP contribution is 2.45. The number of nitrogens with zero attached hydrogens (tertiary/aromatic N) is 3. The second-order valence-electron chi connectivity index (χ2n) is 11.1. The molecule has 3 aliphatic rings. The van der Waals surface area contributed by atoms with E-state index in [-0.39, 0.29) is 0 Å². The molecule has 0 aromatic heterocycles. The standard InChI is InChI=1S/C20H39N3/c1-16-10-21(11-18(2,3)4)9-8-17(16)22-12-20(13-22)14-23(15-20)19(5,6)7/h16-17H,8-15H2,1-7H3/t16-,17?/m1/s1. The summed E-state index contributed by atoms with van der Waals surface area (Å²) in [6.45, 7) is 25.8. The Kier molecular flexibility index (Phi) is 4.39. The number of likely N-dealkylation sites (tertiary alicyclic amines) is 3. The summed E-state index contributed by atoms with van der Waals surface area (Å²) < 4.78 is 0. The van der Waals surface area contributed by atoms with Gasteiger partial charge in [0.1, 0.15) is 0 Å². The van der Waals surface area contributed by atoms with Crippen molar-refractivity contribution >= 4 is 0 Å². The fourth-order valence-electron chi connectivity index (χ4n) is 5.06. The van der Waals surface area contributed by atoms with E-state index in [0.29, 0.717) is 16.4 Å². The molecule has 1 unspecified atom stereocenters. The molecule has 0 aromatic carbocycles. The molecular weight excluding hydrogens is 282 g/mol. The molecule has 3 aliphatic heterocycles. The van der Waals surface area contributed by atoms with Crippen molar-refractivity contribution < 1.29 is 0 Å². The maximum absolute atomic E-state index is 2.80. The van der Waals surface area contributed by atoms with Gasteiger partial charge in [-0.25, -0.2) is 0 Å². The molecule has 3 fully saturated rings. The first kappa shape index (κ1) is 17.7. The van der Waals surface area contributed by atoms with E-state index in [2.05, 4.69) is 63.2 Å². The molecule has 1 spiro atoms. The van der Waals surface area contributed by atoms with Gasteiger partial charge in [-0.15, -0.1) is 0 Å². The fraction of sp³-hybridized carbons (Fsp3) is 1.00. The van der Waals surface area contributed by atoms with Crippen molar-refractivity contribution in [2.75, 3.05) is 45.8 Å². The predicted octanol–water partition coefficient (Wildman–Crippen LogP) is 3.16. The molecule has 23 heavy (non-hydrogen) atoms. The van der Waals surface area contributed by atoms with Crippen molar-refractivity contribution in [3.63, 3.8) is 0 Å². The van der Waals surface area contributed by atoms with E-state index in [0.717, 1.165) is 12.0 Å². The molecule has 3 saturated heterocycles. The zero-order chi connectivity index (χ0) is 17.0. The Morgan fingerprint density at radius 2 is 1.57 bits per heavy atom. The van der Waals surface area contributed by atoms with Gasteiger partial charge in [-0.2, -0.15) is 0 Å². The lowest BCUT2D eigenvalue weighted by atomic mass is 9.69. The van der Waals surface area contributed by atoms with Crippen molar-refractivity contribution in [3.8, 4) is 0 Å². The molecule has 2 atom stereocenters. The molecule has 3 heteroatoms. The van der Waals surface area contributed by atoms with Crippen molar-refractivity contribution in [2.45, 2.75) is 66.5 Å². The van der Waals surface area contributed by atoms with E-state index in [9.17, 15) is 0 Å². The molecule has 0 aromatic rings. The van der Waals surface area contributed by atoms with E-state index in [1.807, 2.05) is 0 Å².